The van der Waals surface area contributed by atoms with Gasteiger partial charge in [-0.15, -0.1) is 0 Å². The highest BCUT2D eigenvalue weighted by atomic mass is 16.2. The molecule has 1 aliphatic carbocycles. The average Bonchev–Trinajstić information content (AvgIpc) is 3.02. The van der Waals surface area contributed by atoms with Crippen LogP contribution in [0.15, 0.2) is 36.5 Å². The number of hydrogen-bond donors (Lipinski definition) is 1. The van der Waals surface area contributed by atoms with E-state index in [1.807, 2.05) is 24.4 Å². The Kier molecular flexibility index (Phi) is 3.94. The number of aromatic nitrogens is 1. The molecule has 2 aromatic rings. The molecular weight excluding hydrogens is 284 g/mol. The van der Waals surface area contributed by atoms with Crippen molar-refractivity contribution >= 4 is 22.9 Å². The predicted octanol–water partition coefficient (Wildman–Crippen LogP) is 4.36. The van der Waals surface area contributed by atoms with Crippen LogP contribution in [0.4, 0.5) is 0 Å². The van der Waals surface area contributed by atoms with Crippen molar-refractivity contribution in [2.45, 2.75) is 44.6 Å². The molecule has 2 aliphatic rings. The molecule has 2 fully saturated rings. The molecule has 3 nitrogen and oxygen atoms in total. The largest absolute Gasteiger partial charge is 0.361 e. The van der Waals surface area contributed by atoms with Crippen molar-refractivity contribution in [1.82, 2.24) is 9.88 Å². The minimum absolute atomic E-state index is 0.187. The van der Waals surface area contributed by atoms with Crippen LogP contribution in [0.3, 0.4) is 0 Å². The van der Waals surface area contributed by atoms with Gasteiger partial charge in [-0.2, -0.15) is 0 Å². The molecule has 2 heterocycles. The maximum absolute atomic E-state index is 12.7. The van der Waals surface area contributed by atoms with Crippen molar-refractivity contribution in [3.05, 3.63) is 42.1 Å². The molecule has 1 saturated carbocycles. The molecule has 1 saturated heterocycles. The van der Waals surface area contributed by atoms with E-state index in [0.717, 1.165) is 30.0 Å². The number of rotatable bonds is 2. The molecule has 1 aliphatic heterocycles. The van der Waals surface area contributed by atoms with Gasteiger partial charge in [0, 0.05) is 35.8 Å². The first-order chi connectivity index (χ1) is 11.3. The van der Waals surface area contributed by atoms with Crippen molar-refractivity contribution in [1.29, 1.82) is 0 Å². The Labute approximate surface area is 137 Å². The third kappa shape index (κ3) is 2.80. The molecule has 0 bridgehead atoms. The van der Waals surface area contributed by atoms with E-state index in [0.29, 0.717) is 6.04 Å². The van der Waals surface area contributed by atoms with E-state index in [1.165, 1.54) is 37.5 Å². The summed E-state index contributed by atoms with van der Waals surface area (Å²) in [4.78, 5) is 18.1. The fourth-order valence-electron chi connectivity index (χ4n) is 4.39. The molecule has 23 heavy (non-hydrogen) atoms. The van der Waals surface area contributed by atoms with Gasteiger partial charge in [-0.25, -0.2) is 0 Å². The fraction of sp³-hybridized carbons (Fsp3) is 0.450. The van der Waals surface area contributed by atoms with Gasteiger partial charge in [0.2, 0.25) is 5.91 Å². The minimum atomic E-state index is 0.187. The Morgan fingerprint density at radius 1 is 1.13 bits per heavy atom. The Hall–Kier alpha value is -2.03. The number of nitrogens with zero attached hydrogens (tertiary/aromatic N) is 1. The van der Waals surface area contributed by atoms with Gasteiger partial charge in [0.15, 0.2) is 0 Å². The quantitative estimate of drug-likeness (QED) is 0.822. The van der Waals surface area contributed by atoms with Crippen LogP contribution in [-0.2, 0) is 4.79 Å². The number of amides is 1. The molecule has 120 valence electrons. The van der Waals surface area contributed by atoms with E-state index in [4.69, 9.17) is 0 Å². The Morgan fingerprint density at radius 3 is 2.91 bits per heavy atom. The molecule has 1 aromatic carbocycles. The fourth-order valence-corrected chi connectivity index (χ4v) is 4.39. The maximum Gasteiger partial charge on any atom is 0.246 e. The second kappa shape index (κ2) is 6.23. The van der Waals surface area contributed by atoms with Gasteiger partial charge in [-0.05, 0) is 49.3 Å². The third-order valence-corrected chi connectivity index (χ3v) is 5.55. The summed E-state index contributed by atoms with van der Waals surface area (Å²) in [5, 5.41) is 1.17. The third-order valence-electron chi connectivity index (χ3n) is 5.55. The van der Waals surface area contributed by atoms with E-state index in [1.54, 1.807) is 6.08 Å². The second-order valence-electron chi connectivity index (χ2n) is 6.91. The molecular formula is C20H24N2O. The number of carbonyl (C=O) groups excluding carboxylic acids is 1. The SMILES string of the molecule is O=C(/C=C/c1c[nH]c2ccccc12)N1CCCC2CCCCC21. The number of hydrogen-bond acceptors (Lipinski definition) is 1. The molecule has 2 unspecified atom stereocenters. The van der Waals surface area contributed by atoms with E-state index in [9.17, 15) is 4.79 Å². The van der Waals surface area contributed by atoms with Crippen LogP contribution in [0.25, 0.3) is 17.0 Å². The van der Waals surface area contributed by atoms with Gasteiger partial charge < -0.3 is 9.88 Å². The summed E-state index contributed by atoms with van der Waals surface area (Å²) >= 11 is 0. The van der Waals surface area contributed by atoms with Crippen LogP contribution in [0, 0.1) is 5.92 Å². The summed E-state index contributed by atoms with van der Waals surface area (Å²) in [5.41, 5.74) is 2.20. The van der Waals surface area contributed by atoms with Gasteiger partial charge in [0.1, 0.15) is 0 Å². The number of para-hydroxylation sites is 1. The number of piperidine rings is 1. The molecule has 3 heteroatoms. The summed E-state index contributed by atoms with van der Waals surface area (Å²) in [6.45, 7) is 0.929. The van der Waals surface area contributed by atoms with Gasteiger partial charge in [-0.3, -0.25) is 4.79 Å². The standard InChI is InChI=1S/C20H24N2O/c23-20(22-13-5-7-15-6-1-4-10-19(15)22)12-11-16-14-21-18-9-3-2-8-17(16)18/h2-3,8-9,11-12,14-15,19,21H,1,4-7,10,13H2/b12-11+. The first-order valence-electron chi connectivity index (χ1n) is 8.88. The van der Waals surface area contributed by atoms with Crippen LogP contribution in [0.1, 0.15) is 44.1 Å². The van der Waals surface area contributed by atoms with Crippen LogP contribution < -0.4 is 0 Å². The molecule has 2 atom stereocenters. The second-order valence-corrected chi connectivity index (χ2v) is 6.91. The number of likely N-dealkylation sites (tertiary alicyclic amines) is 1. The first kappa shape index (κ1) is 14.6. The lowest BCUT2D eigenvalue weighted by atomic mass is 9.78. The molecule has 0 radical (unpaired) electrons. The average molecular weight is 308 g/mol. The van der Waals surface area contributed by atoms with Crippen molar-refractivity contribution < 1.29 is 4.79 Å². The maximum atomic E-state index is 12.7. The molecule has 1 N–H and O–H groups in total. The van der Waals surface area contributed by atoms with E-state index in [-0.39, 0.29) is 5.91 Å². The van der Waals surface area contributed by atoms with E-state index >= 15 is 0 Å². The van der Waals surface area contributed by atoms with E-state index in [2.05, 4.69) is 22.0 Å². The first-order valence-corrected chi connectivity index (χ1v) is 8.88. The van der Waals surface area contributed by atoms with Crippen LogP contribution >= 0.6 is 0 Å². The highest BCUT2D eigenvalue weighted by Crippen LogP contribution is 2.35. The molecule has 4 rings (SSSR count). The number of nitrogens with one attached hydrogen (secondary N) is 1. The zero-order valence-electron chi connectivity index (χ0n) is 13.5. The lowest BCUT2D eigenvalue weighted by molar-refractivity contribution is -0.132. The van der Waals surface area contributed by atoms with Gasteiger partial charge in [0.05, 0.1) is 0 Å². The van der Waals surface area contributed by atoms with Gasteiger partial charge in [-0.1, -0.05) is 31.0 Å². The van der Waals surface area contributed by atoms with E-state index < -0.39 is 0 Å². The Bertz CT molecular complexity index is 728. The number of benzene rings is 1. The number of H-pyrrole nitrogens is 1. The van der Waals surface area contributed by atoms with Crippen molar-refractivity contribution in [2.24, 2.45) is 5.92 Å². The summed E-state index contributed by atoms with van der Waals surface area (Å²) in [6, 6.07) is 8.69. The summed E-state index contributed by atoms with van der Waals surface area (Å²) in [7, 11) is 0. The van der Waals surface area contributed by atoms with Crippen molar-refractivity contribution in [3.63, 3.8) is 0 Å². The summed E-state index contributed by atoms with van der Waals surface area (Å²) < 4.78 is 0. The van der Waals surface area contributed by atoms with Gasteiger partial charge in [0.25, 0.3) is 0 Å². The highest BCUT2D eigenvalue weighted by molar-refractivity contribution is 5.96. The van der Waals surface area contributed by atoms with Crippen molar-refractivity contribution in [2.75, 3.05) is 6.54 Å². The smallest absolute Gasteiger partial charge is 0.246 e. The zero-order chi connectivity index (χ0) is 15.6. The van der Waals surface area contributed by atoms with Crippen LogP contribution in [0.2, 0.25) is 0 Å². The topological polar surface area (TPSA) is 36.1 Å². The molecule has 0 spiro atoms. The summed E-state index contributed by atoms with van der Waals surface area (Å²) in [6.07, 6.45) is 13.3. The summed E-state index contributed by atoms with van der Waals surface area (Å²) in [5.74, 6) is 0.926. The molecule has 1 amide bonds. The predicted molar refractivity (Wildman–Crippen MR) is 94.0 cm³/mol. The number of aromatic amines is 1. The Balaban J connectivity index is 1.52. The van der Waals surface area contributed by atoms with Crippen LogP contribution in [0.5, 0.6) is 0 Å². The minimum Gasteiger partial charge on any atom is -0.361 e. The number of fused-ring (bicyclic) bond motifs is 2. The zero-order valence-corrected chi connectivity index (χ0v) is 13.5. The monoisotopic (exact) mass is 308 g/mol. The highest BCUT2D eigenvalue weighted by Gasteiger charge is 2.34. The number of carbonyl (C=O) groups is 1. The van der Waals surface area contributed by atoms with Crippen LogP contribution in [-0.4, -0.2) is 28.4 Å². The molecule has 1 aromatic heterocycles. The van der Waals surface area contributed by atoms with Crippen molar-refractivity contribution in [3.8, 4) is 0 Å². The lowest BCUT2D eigenvalue weighted by Crippen LogP contribution is -2.49. The Morgan fingerprint density at radius 2 is 1.96 bits per heavy atom. The van der Waals surface area contributed by atoms with Gasteiger partial charge >= 0.3 is 0 Å². The normalized spacial score (nSPS) is 25.0. The lowest BCUT2D eigenvalue weighted by Gasteiger charge is -2.43.